The molecule has 0 aromatic carbocycles. The van der Waals surface area contributed by atoms with Gasteiger partial charge < -0.3 is 5.73 Å². The molecule has 1 rings (SSSR count). The van der Waals surface area contributed by atoms with Crippen LogP contribution in [0.3, 0.4) is 0 Å². The first-order chi connectivity index (χ1) is 7.20. The normalized spacial score (nSPS) is 27.9. The van der Waals surface area contributed by atoms with Gasteiger partial charge in [0.1, 0.15) is 0 Å². The minimum absolute atomic E-state index is 0.232. The summed E-state index contributed by atoms with van der Waals surface area (Å²) >= 11 is 0. The van der Waals surface area contributed by atoms with Crippen molar-refractivity contribution in [3.8, 4) is 0 Å². The van der Waals surface area contributed by atoms with Crippen molar-refractivity contribution >= 4 is 0 Å². The van der Waals surface area contributed by atoms with Gasteiger partial charge in [-0.25, -0.2) is 0 Å². The summed E-state index contributed by atoms with van der Waals surface area (Å²) in [5.41, 5.74) is 6.66. The van der Waals surface area contributed by atoms with Crippen LogP contribution in [0.15, 0.2) is 0 Å². The standard InChI is InChI=1S/C14H30N2/c1-7-8-11(2)16-13(3,4)9-12(15)10-14(16,5)6/h11-12H,7-10,15H2,1-6H3. The molecule has 2 nitrogen and oxygen atoms in total. The number of nitrogens with two attached hydrogens (primary N) is 1. The number of piperidine rings is 1. The molecule has 1 heterocycles. The van der Waals surface area contributed by atoms with Crippen LogP contribution in [0.25, 0.3) is 0 Å². The van der Waals surface area contributed by atoms with E-state index in [1.165, 1.54) is 12.8 Å². The number of likely N-dealkylation sites (tertiary alicyclic amines) is 1. The highest BCUT2D eigenvalue weighted by molar-refractivity contribution is 5.03. The first-order valence-corrected chi connectivity index (χ1v) is 6.76. The lowest BCUT2D eigenvalue weighted by Crippen LogP contribution is -2.65. The molecule has 1 atom stereocenters. The van der Waals surface area contributed by atoms with Gasteiger partial charge in [0.2, 0.25) is 0 Å². The summed E-state index contributed by atoms with van der Waals surface area (Å²) in [5.74, 6) is 0. The topological polar surface area (TPSA) is 29.3 Å². The third-order valence-corrected chi connectivity index (χ3v) is 3.97. The van der Waals surface area contributed by atoms with E-state index >= 15 is 0 Å². The van der Waals surface area contributed by atoms with Gasteiger partial charge in [0, 0.05) is 23.2 Å². The van der Waals surface area contributed by atoms with Crippen molar-refractivity contribution in [2.24, 2.45) is 5.73 Å². The van der Waals surface area contributed by atoms with Crippen LogP contribution >= 0.6 is 0 Å². The van der Waals surface area contributed by atoms with Gasteiger partial charge >= 0.3 is 0 Å². The van der Waals surface area contributed by atoms with Crippen LogP contribution in [0.1, 0.15) is 67.2 Å². The molecule has 1 aliphatic heterocycles. The summed E-state index contributed by atoms with van der Waals surface area (Å²) in [7, 11) is 0. The predicted molar refractivity (Wildman–Crippen MR) is 71.6 cm³/mol. The van der Waals surface area contributed by atoms with Crippen LogP contribution in [-0.2, 0) is 0 Å². The van der Waals surface area contributed by atoms with E-state index in [2.05, 4.69) is 46.4 Å². The quantitative estimate of drug-likeness (QED) is 0.801. The Morgan fingerprint density at radius 3 is 2.00 bits per heavy atom. The second-order valence-corrected chi connectivity index (χ2v) is 6.80. The summed E-state index contributed by atoms with van der Waals surface area (Å²) in [5, 5.41) is 0. The Hall–Kier alpha value is -0.0800. The zero-order chi connectivity index (χ0) is 12.6. The zero-order valence-corrected chi connectivity index (χ0v) is 12.0. The van der Waals surface area contributed by atoms with E-state index in [-0.39, 0.29) is 11.1 Å². The first kappa shape index (κ1) is 14.0. The lowest BCUT2D eigenvalue weighted by Gasteiger charge is -2.57. The average Bonchev–Trinajstić information content (AvgIpc) is 1.96. The second kappa shape index (κ2) is 4.66. The smallest absolute Gasteiger partial charge is 0.0176 e. The van der Waals surface area contributed by atoms with E-state index in [9.17, 15) is 0 Å². The molecule has 0 aromatic heterocycles. The van der Waals surface area contributed by atoms with Crippen LogP contribution in [0.5, 0.6) is 0 Å². The summed E-state index contributed by atoms with van der Waals surface area (Å²) in [6.45, 7) is 14.0. The molecular formula is C14H30N2. The van der Waals surface area contributed by atoms with E-state index < -0.39 is 0 Å². The zero-order valence-electron chi connectivity index (χ0n) is 12.0. The minimum atomic E-state index is 0.232. The number of rotatable bonds is 3. The SMILES string of the molecule is CCCC(C)N1C(C)(C)CC(N)CC1(C)C. The lowest BCUT2D eigenvalue weighted by molar-refractivity contribution is -0.0649. The molecule has 0 aliphatic carbocycles. The largest absolute Gasteiger partial charge is 0.328 e. The highest BCUT2D eigenvalue weighted by Gasteiger charge is 2.45. The summed E-state index contributed by atoms with van der Waals surface area (Å²) < 4.78 is 0. The van der Waals surface area contributed by atoms with E-state index in [0.29, 0.717) is 12.1 Å². The van der Waals surface area contributed by atoms with Crippen LogP contribution < -0.4 is 5.73 Å². The van der Waals surface area contributed by atoms with Gasteiger partial charge in [-0.05, 0) is 53.9 Å². The van der Waals surface area contributed by atoms with Crippen LogP contribution in [0, 0.1) is 0 Å². The predicted octanol–water partition coefficient (Wildman–Crippen LogP) is 3.16. The third-order valence-electron chi connectivity index (χ3n) is 3.97. The van der Waals surface area contributed by atoms with Crippen LogP contribution in [0.2, 0.25) is 0 Å². The molecule has 1 aliphatic rings. The highest BCUT2D eigenvalue weighted by atomic mass is 15.3. The summed E-state index contributed by atoms with van der Waals surface area (Å²) in [4.78, 5) is 2.70. The molecule has 96 valence electrons. The van der Waals surface area contributed by atoms with Crippen molar-refractivity contribution in [1.29, 1.82) is 0 Å². The van der Waals surface area contributed by atoms with Crippen molar-refractivity contribution in [1.82, 2.24) is 4.90 Å². The van der Waals surface area contributed by atoms with E-state index in [4.69, 9.17) is 5.73 Å². The fourth-order valence-corrected chi connectivity index (χ4v) is 4.11. The van der Waals surface area contributed by atoms with Gasteiger partial charge in [0.15, 0.2) is 0 Å². The van der Waals surface area contributed by atoms with Gasteiger partial charge in [0.25, 0.3) is 0 Å². The Labute approximate surface area is 102 Å². The minimum Gasteiger partial charge on any atom is -0.328 e. The molecule has 0 radical (unpaired) electrons. The Morgan fingerprint density at radius 1 is 1.19 bits per heavy atom. The molecule has 0 saturated carbocycles. The molecular weight excluding hydrogens is 196 g/mol. The van der Waals surface area contributed by atoms with Crippen molar-refractivity contribution < 1.29 is 0 Å². The first-order valence-electron chi connectivity index (χ1n) is 6.76. The van der Waals surface area contributed by atoms with Gasteiger partial charge in [-0.15, -0.1) is 0 Å². The number of hydrogen-bond donors (Lipinski definition) is 1. The molecule has 16 heavy (non-hydrogen) atoms. The Morgan fingerprint density at radius 2 is 1.62 bits per heavy atom. The molecule has 1 saturated heterocycles. The van der Waals surface area contributed by atoms with Gasteiger partial charge in [-0.3, -0.25) is 4.90 Å². The molecule has 2 heteroatoms. The van der Waals surface area contributed by atoms with Crippen molar-refractivity contribution in [3.63, 3.8) is 0 Å². The van der Waals surface area contributed by atoms with Gasteiger partial charge in [-0.2, -0.15) is 0 Å². The maximum absolute atomic E-state index is 6.20. The van der Waals surface area contributed by atoms with Crippen molar-refractivity contribution in [3.05, 3.63) is 0 Å². The Kier molecular flexibility index (Phi) is 4.07. The molecule has 0 bridgehead atoms. The molecule has 0 spiro atoms. The van der Waals surface area contributed by atoms with Gasteiger partial charge in [-0.1, -0.05) is 13.3 Å². The highest BCUT2D eigenvalue weighted by Crippen LogP contribution is 2.40. The Balaban J connectivity index is 2.92. The molecule has 0 aromatic rings. The summed E-state index contributed by atoms with van der Waals surface area (Å²) in [6.07, 6.45) is 4.77. The van der Waals surface area contributed by atoms with E-state index in [0.717, 1.165) is 12.8 Å². The van der Waals surface area contributed by atoms with Crippen molar-refractivity contribution in [2.45, 2.75) is 90.4 Å². The van der Waals surface area contributed by atoms with Crippen molar-refractivity contribution in [2.75, 3.05) is 0 Å². The van der Waals surface area contributed by atoms with E-state index in [1.54, 1.807) is 0 Å². The van der Waals surface area contributed by atoms with Crippen LogP contribution in [-0.4, -0.2) is 28.1 Å². The Bertz CT molecular complexity index is 215. The van der Waals surface area contributed by atoms with Crippen LogP contribution in [0.4, 0.5) is 0 Å². The average molecular weight is 226 g/mol. The van der Waals surface area contributed by atoms with Gasteiger partial charge in [0.05, 0.1) is 0 Å². The maximum atomic E-state index is 6.20. The third kappa shape index (κ3) is 2.78. The number of hydrogen-bond acceptors (Lipinski definition) is 2. The number of nitrogens with zero attached hydrogens (tertiary/aromatic N) is 1. The molecule has 2 N–H and O–H groups in total. The maximum Gasteiger partial charge on any atom is 0.0176 e. The fraction of sp³-hybridized carbons (Fsp3) is 1.00. The van der Waals surface area contributed by atoms with E-state index in [1.807, 2.05) is 0 Å². The summed E-state index contributed by atoms with van der Waals surface area (Å²) in [6, 6.07) is 1.01. The molecule has 0 amide bonds. The fourth-order valence-electron chi connectivity index (χ4n) is 4.11. The molecule has 1 fully saturated rings. The molecule has 1 unspecified atom stereocenters. The monoisotopic (exact) mass is 226 g/mol. The lowest BCUT2D eigenvalue weighted by atomic mass is 9.76. The second-order valence-electron chi connectivity index (χ2n) is 6.80.